The highest BCUT2D eigenvalue weighted by Crippen LogP contribution is 2.33. The number of rotatable bonds is 5. The highest BCUT2D eigenvalue weighted by molar-refractivity contribution is 5.94. The maximum atomic E-state index is 12.1. The van der Waals surface area contributed by atoms with Crippen LogP contribution in [-0.4, -0.2) is 42.0 Å². The predicted octanol–water partition coefficient (Wildman–Crippen LogP) is 2.43. The first-order chi connectivity index (χ1) is 9.76. The van der Waals surface area contributed by atoms with Gasteiger partial charge in [0.2, 0.25) is 0 Å². The van der Waals surface area contributed by atoms with Crippen molar-refractivity contribution in [3.8, 4) is 5.75 Å². The number of carbonyl (C=O) groups excluding carboxylic acids is 1. The lowest BCUT2D eigenvalue weighted by atomic mass is 10.1. The first-order valence-electron chi connectivity index (χ1n) is 6.55. The van der Waals surface area contributed by atoms with Crippen LogP contribution < -0.4 is 4.74 Å². The molecule has 0 radical (unpaired) electrons. The fraction of sp³-hybridized carbons (Fsp3) is 0.500. The molecular weight excluding hydrogens is 287 g/mol. The minimum atomic E-state index is -4.80. The third kappa shape index (κ3) is 4.63. The lowest BCUT2D eigenvalue weighted by Crippen LogP contribution is -2.35. The Morgan fingerprint density at radius 1 is 1.48 bits per heavy atom. The van der Waals surface area contributed by atoms with Crippen LogP contribution >= 0.6 is 0 Å². The first kappa shape index (κ1) is 15.6. The lowest BCUT2D eigenvalue weighted by molar-refractivity contribution is -0.274. The maximum absolute atomic E-state index is 12.1. The smallest absolute Gasteiger partial charge is 0.406 e. The highest BCUT2D eigenvalue weighted by atomic mass is 19.4. The second-order valence-electron chi connectivity index (χ2n) is 5.17. The van der Waals surface area contributed by atoms with Crippen LogP contribution in [0.2, 0.25) is 0 Å². The number of aliphatic hydroxyl groups is 1. The molecule has 1 aromatic rings. The van der Waals surface area contributed by atoms with Crippen LogP contribution in [-0.2, 0) is 0 Å². The Morgan fingerprint density at radius 2 is 2.14 bits per heavy atom. The number of nitrogens with zero attached hydrogens (tertiary/aromatic N) is 1. The van der Waals surface area contributed by atoms with E-state index in [1.165, 1.54) is 24.1 Å². The first-order valence-corrected chi connectivity index (χ1v) is 6.55. The Labute approximate surface area is 120 Å². The van der Waals surface area contributed by atoms with E-state index in [1.54, 1.807) is 0 Å². The van der Waals surface area contributed by atoms with Gasteiger partial charge in [-0.1, -0.05) is 6.07 Å². The van der Waals surface area contributed by atoms with Crippen molar-refractivity contribution in [1.29, 1.82) is 0 Å². The van der Waals surface area contributed by atoms with Gasteiger partial charge in [-0.15, -0.1) is 13.2 Å². The summed E-state index contributed by atoms with van der Waals surface area (Å²) in [6.45, 7) is 0.161. The van der Waals surface area contributed by atoms with E-state index in [-0.39, 0.29) is 18.0 Å². The molecule has 0 saturated heterocycles. The SMILES string of the molecule is CN(CC(O)C1CC1)C(=O)c1cccc(OC(F)(F)F)c1. The minimum absolute atomic E-state index is 0.0854. The van der Waals surface area contributed by atoms with Gasteiger partial charge < -0.3 is 14.7 Å². The molecule has 0 bridgehead atoms. The fourth-order valence-electron chi connectivity index (χ4n) is 2.04. The molecule has 116 valence electrons. The summed E-state index contributed by atoms with van der Waals surface area (Å²) in [5.41, 5.74) is 0.0854. The van der Waals surface area contributed by atoms with Gasteiger partial charge >= 0.3 is 6.36 Å². The molecule has 1 N–H and O–H groups in total. The molecule has 2 rings (SSSR count). The number of aliphatic hydroxyl groups excluding tert-OH is 1. The average molecular weight is 303 g/mol. The van der Waals surface area contributed by atoms with E-state index < -0.39 is 24.1 Å². The van der Waals surface area contributed by atoms with E-state index in [0.717, 1.165) is 25.0 Å². The van der Waals surface area contributed by atoms with E-state index in [9.17, 15) is 23.1 Å². The van der Waals surface area contributed by atoms with Gasteiger partial charge in [0.1, 0.15) is 5.75 Å². The van der Waals surface area contributed by atoms with Gasteiger partial charge in [0.05, 0.1) is 6.10 Å². The molecule has 0 spiro atoms. The van der Waals surface area contributed by atoms with Gasteiger partial charge in [0, 0.05) is 19.2 Å². The normalized spacial score (nSPS) is 16.4. The van der Waals surface area contributed by atoms with Crippen molar-refractivity contribution in [2.24, 2.45) is 5.92 Å². The van der Waals surface area contributed by atoms with Crippen LogP contribution in [0.15, 0.2) is 24.3 Å². The number of amides is 1. The van der Waals surface area contributed by atoms with E-state index in [4.69, 9.17) is 0 Å². The van der Waals surface area contributed by atoms with Crippen molar-refractivity contribution in [2.75, 3.05) is 13.6 Å². The van der Waals surface area contributed by atoms with Crippen molar-refractivity contribution in [3.05, 3.63) is 29.8 Å². The van der Waals surface area contributed by atoms with Crippen LogP contribution in [0.4, 0.5) is 13.2 Å². The Kier molecular flexibility index (Phi) is 4.41. The summed E-state index contributed by atoms with van der Waals surface area (Å²) in [7, 11) is 1.51. The monoisotopic (exact) mass is 303 g/mol. The molecule has 1 amide bonds. The molecule has 0 aliphatic heterocycles. The number of ether oxygens (including phenoxy) is 1. The van der Waals surface area contributed by atoms with Crippen molar-refractivity contribution in [1.82, 2.24) is 4.90 Å². The van der Waals surface area contributed by atoms with Crippen LogP contribution in [0.3, 0.4) is 0 Å². The summed E-state index contributed by atoms with van der Waals surface area (Å²) in [5.74, 6) is -0.674. The van der Waals surface area contributed by atoms with Crippen LogP contribution in [0.1, 0.15) is 23.2 Å². The lowest BCUT2D eigenvalue weighted by Gasteiger charge is -2.21. The molecule has 21 heavy (non-hydrogen) atoms. The molecule has 1 unspecified atom stereocenters. The zero-order valence-corrected chi connectivity index (χ0v) is 11.4. The number of benzene rings is 1. The summed E-state index contributed by atoms with van der Waals surface area (Å²) in [6, 6.07) is 4.89. The maximum Gasteiger partial charge on any atom is 0.573 e. The number of halogens is 3. The van der Waals surface area contributed by atoms with Gasteiger partial charge in [-0.05, 0) is 37.0 Å². The van der Waals surface area contributed by atoms with Crippen molar-refractivity contribution in [3.63, 3.8) is 0 Å². The number of hydrogen-bond acceptors (Lipinski definition) is 3. The quantitative estimate of drug-likeness (QED) is 0.909. The van der Waals surface area contributed by atoms with Crippen molar-refractivity contribution < 1.29 is 27.8 Å². The highest BCUT2D eigenvalue weighted by Gasteiger charge is 2.32. The molecular formula is C14H16F3NO3. The molecule has 4 nitrogen and oxygen atoms in total. The van der Waals surface area contributed by atoms with Crippen molar-refractivity contribution >= 4 is 5.91 Å². The number of likely N-dealkylation sites (N-methyl/N-ethyl adjacent to an activating group) is 1. The fourth-order valence-corrected chi connectivity index (χ4v) is 2.04. The topological polar surface area (TPSA) is 49.8 Å². The van der Waals surface area contributed by atoms with Crippen LogP contribution in [0.5, 0.6) is 5.75 Å². The molecule has 1 saturated carbocycles. The van der Waals surface area contributed by atoms with Gasteiger partial charge in [0.15, 0.2) is 0 Å². The zero-order chi connectivity index (χ0) is 15.6. The summed E-state index contributed by atoms with van der Waals surface area (Å²) >= 11 is 0. The number of alkyl halides is 3. The third-order valence-corrected chi connectivity index (χ3v) is 3.29. The Hall–Kier alpha value is -1.76. The standard InChI is InChI=1S/C14H16F3NO3/c1-18(8-12(19)9-5-6-9)13(20)10-3-2-4-11(7-10)21-14(15,16)17/h2-4,7,9,12,19H,5-6,8H2,1H3. The van der Waals surface area contributed by atoms with Gasteiger partial charge in [0.25, 0.3) is 5.91 Å². The largest absolute Gasteiger partial charge is 0.573 e. The second kappa shape index (κ2) is 5.93. The molecule has 0 aromatic heterocycles. The molecule has 0 heterocycles. The van der Waals surface area contributed by atoms with E-state index in [2.05, 4.69) is 4.74 Å². The molecule has 1 aromatic carbocycles. The molecule has 7 heteroatoms. The Morgan fingerprint density at radius 3 is 2.71 bits per heavy atom. The van der Waals surface area contributed by atoms with Gasteiger partial charge in [-0.3, -0.25) is 4.79 Å². The summed E-state index contributed by atoms with van der Waals surface area (Å²) in [6.07, 6.45) is -3.50. The van der Waals surface area contributed by atoms with E-state index in [1.807, 2.05) is 0 Å². The molecule has 1 fully saturated rings. The molecule has 1 aliphatic carbocycles. The third-order valence-electron chi connectivity index (χ3n) is 3.29. The Bertz CT molecular complexity index is 514. The second-order valence-corrected chi connectivity index (χ2v) is 5.17. The zero-order valence-electron chi connectivity index (χ0n) is 11.4. The number of hydrogen-bond donors (Lipinski definition) is 1. The number of carbonyl (C=O) groups is 1. The van der Waals surface area contributed by atoms with Crippen LogP contribution in [0, 0.1) is 5.92 Å². The predicted molar refractivity (Wildman–Crippen MR) is 68.8 cm³/mol. The average Bonchev–Trinajstić information content (AvgIpc) is 3.20. The summed E-state index contributed by atoms with van der Waals surface area (Å²) in [4.78, 5) is 13.4. The Balaban J connectivity index is 2.02. The van der Waals surface area contributed by atoms with E-state index in [0.29, 0.717) is 0 Å². The van der Waals surface area contributed by atoms with Gasteiger partial charge in [-0.2, -0.15) is 0 Å². The minimum Gasteiger partial charge on any atom is -0.406 e. The van der Waals surface area contributed by atoms with Crippen molar-refractivity contribution in [2.45, 2.75) is 25.3 Å². The molecule has 1 aliphatic rings. The van der Waals surface area contributed by atoms with Gasteiger partial charge in [-0.25, -0.2) is 0 Å². The van der Waals surface area contributed by atoms with E-state index >= 15 is 0 Å². The summed E-state index contributed by atoms with van der Waals surface area (Å²) < 4.78 is 40.2. The summed E-state index contributed by atoms with van der Waals surface area (Å²) in [5, 5.41) is 9.80. The molecule has 1 atom stereocenters. The van der Waals surface area contributed by atoms with Crippen LogP contribution in [0.25, 0.3) is 0 Å².